The molecule has 3 N–H and O–H groups in total. The van der Waals surface area contributed by atoms with E-state index in [0.717, 1.165) is 0 Å². The van der Waals surface area contributed by atoms with Crippen LogP contribution >= 0.6 is 0 Å². The molecule has 0 radical (unpaired) electrons. The third-order valence-electron chi connectivity index (χ3n) is 1.38. The summed E-state index contributed by atoms with van der Waals surface area (Å²) >= 11 is 0. The van der Waals surface area contributed by atoms with Crippen molar-refractivity contribution >= 4 is 10.1 Å². The van der Waals surface area contributed by atoms with Crippen LogP contribution in [0.15, 0.2) is 0 Å². The second-order valence-electron chi connectivity index (χ2n) is 2.43. The Kier molecular flexibility index (Phi) is 3.55. The number of rotatable bonds is 4. The van der Waals surface area contributed by atoms with E-state index in [1.165, 1.54) is 0 Å². The maximum absolute atomic E-state index is 12.5. The lowest BCUT2D eigenvalue weighted by atomic mass is 10.2. The first-order chi connectivity index (χ1) is 5.23. The summed E-state index contributed by atoms with van der Waals surface area (Å²) in [5.74, 6) is 0. The molecule has 0 spiro atoms. The molecule has 0 bridgehead atoms. The van der Waals surface area contributed by atoms with Gasteiger partial charge in [0, 0.05) is 0 Å². The van der Waals surface area contributed by atoms with Crippen molar-refractivity contribution < 1.29 is 21.8 Å². The van der Waals surface area contributed by atoms with Crippen molar-refractivity contribution in [3.05, 3.63) is 0 Å². The minimum atomic E-state index is -5.38. The lowest BCUT2D eigenvalue weighted by Crippen LogP contribution is -2.46. The van der Waals surface area contributed by atoms with Gasteiger partial charge in [-0.2, -0.15) is 17.2 Å². The van der Waals surface area contributed by atoms with Crippen molar-refractivity contribution in [2.45, 2.75) is 31.1 Å². The highest BCUT2D eigenvalue weighted by Crippen LogP contribution is 2.25. The first-order valence-corrected chi connectivity index (χ1v) is 4.78. The van der Waals surface area contributed by atoms with E-state index in [0.29, 0.717) is 6.42 Å². The van der Waals surface area contributed by atoms with E-state index >= 15 is 0 Å². The van der Waals surface area contributed by atoms with E-state index in [2.05, 4.69) is 0 Å². The van der Waals surface area contributed by atoms with Gasteiger partial charge in [-0.1, -0.05) is 13.3 Å². The molecule has 7 heteroatoms. The Morgan fingerprint density at radius 3 is 2.25 bits per heavy atom. The Hall–Kier alpha value is -0.270. The van der Waals surface area contributed by atoms with Crippen molar-refractivity contribution in [3.8, 4) is 0 Å². The zero-order valence-corrected chi connectivity index (χ0v) is 7.31. The topological polar surface area (TPSA) is 80.4 Å². The SMILES string of the molecule is CCC[C@H](N)C(F)(F)S(=O)(=O)O. The van der Waals surface area contributed by atoms with Gasteiger partial charge in [-0.05, 0) is 6.42 Å². The minimum Gasteiger partial charge on any atom is -0.322 e. The summed E-state index contributed by atoms with van der Waals surface area (Å²) < 4.78 is 53.4. The monoisotopic (exact) mass is 203 g/mol. The smallest absolute Gasteiger partial charge is 0.322 e. The van der Waals surface area contributed by atoms with Crippen LogP contribution in [0.3, 0.4) is 0 Å². The Morgan fingerprint density at radius 2 is 2.00 bits per heavy atom. The van der Waals surface area contributed by atoms with Crippen LogP contribution in [0, 0.1) is 0 Å². The molecule has 0 heterocycles. The largest absolute Gasteiger partial charge is 0.384 e. The van der Waals surface area contributed by atoms with Crippen molar-refractivity contribution in [1.82, 2.24) is 0 Å². The van der Waals surface area contributed by atoms with Crippen molar-refractivity contribution in [1.29, 1.82) is 0 Å². The maximum Gasteiger partial charge on any atom is 0.384 e. The first-order valence-electron chi connectivity index (χ1n) is 3.34. The van der Waals surface area contributed by atoms with Crippen LogP contribution in [0.2, 0.25) is 0 Å². The zero-order chi connectivity index (χ0) is 9.99. The molecule has 0 aliphatic carbocycles. The van der Waals surface area contributed by atoms with E-state index in [9.17, 15) is 17.2 Å². The molecule has 12 heavy (non-hydrogen) atoms. The summed E-state index contributed by atoms with van der Waals surface area (Å²) in [6.07, 6.45) is 0.166. The fourth-order valence-corrected chi connectivity index (χ4v) is 1.17. The summed E-state index contributed by atoms with van der Waals surface area (Å²) in [6.45, 7) is 1.58. The molecule has 0 aromatic carbocycles. The second-order valence-corrected chi connectivity index (χ2v) is 3.93. The summed E-state index contributed by atoms with van der Waals surface area (Å²) in [5.41, 5.74) is 4.86. The molecular formula is C5H11F2NO3S. The standard InChI is InChI=1S/C5H11F2NO3S/c1-2-3-4(8)5(6,7)12(9,10)11/h4H,2-3,8H2,1H3,(H,9,10,11)/t4-/m0/s1. The molecule has 0 aromatic heterocycles. The van der Waals surface area contributed by atoms with E-state index < -0.39 is 21.4 Å². The third kappa shape index (κ3) is 2.36. The molecule has 0 aliphatic heterocycles. The lowest BCUT2D eigenvalue weighted by Gasteiger charge is -2.19. The normalized spacial score (nSPS) is 16.1. The number of hydrogen-bond donors (Lipinski definition) is 2. The van der Waals surface area contributed by atoms with Crippen LogP contribution in [-0.4, -0.2) is 24.3 Å². The van der Waals surface area contributed by atoms with Crippen LogP contribution in [0.4, 0.5) is 8.78 Å². The summed E-state index contributed by atoms with van der Waals surface area (Å²) in [7, 11) is -5.38. The number of nitrogens with two attached hydrogens (primary N) is 1. The summed E-state index contributed by atoms with van der Waals surface area (Å²) in [5, 5.41) is -4.25. The Labute approximate surface area is 69.5 Å². The van der Waals surface area contributed by atoms with Crippen molar-refractivity contribution in [2.24, 2.45) is 5.73 Å². The van der Waals surface area contributed by atoms with E-state index in [1.54, 1.807) is 6.92 Å². The Morgan fingerprint density at radius 1 is 1.58 bits per heavy atom. The molecule has 0 rings (SSSR count). The Balaban J connectivity index is 4.62. The van der Waals surface area contributed by atoms with E-state index in [1.807, 2.05) is 0 Å². The van der Waals surface area contributed by atoms with Gasteiger partial charge < -0.3 is 5.73 Å². The maximum atomic E-state index is 12.5. The van der Waals surface area contributed by atoms with Crippen LogP contribution in [0.1, 0.15) is 19.8 Å². The quantitative estimate of drug-likeness (QED) is 0.655. The highest BCUT2D eigenvalue weighted by Gasteiger charge is 2.49. The first kappa shape index (κ1) is 11.7. The number of alkyl halides is 2. The van der Waals surface area contributed by atoms with Crippen molar-refractivity contribution in [2.75, 3.05) is 0 Å². The van der Waals surface area contributed by atoms with Crippen LogP contribution < -0.4 is 5.73 Å². The third-order valence-corrected chi connectivity index (χ3v) is 2.37. The number of halogens is 2. The molecule has 0 saturated heterocycles. The predicted molar refractivity (Wildman–Crippen MR) is 39.4 cm³/mol. The van der Waals surface area contributed by atoms with E-state index in [-0.39, 0.29) is 6.42 Å². The van der Waals surface area contributed by atoms with Gasteiger partial charge in [-0.25, -0.2) is 0 Å². The Bertz CT molecular complexity index is 239. The number of hydrogen-bond acceptors (Lipinski definition) is 3. The molecule has 0 fully saturated rings. The molecule has 0 unspecified atom stereocenters. The van der Waals surface area contributed by atoms with Crippen molar-refractivity contribution in [3.63, 3.8) is 0 Å². The molecular weight excluding hydrogens is 192 g/mol. The van der Waals surface area contributed by atoms with Gasteiger partial charge in [-0.3, -0.25) is 4.55 Å². The average Bonchev–Trinajstić information content (AvgIpc) is 1.85. The minimum absolute atomic E-state index is 0.160. The molecule has 1 atom stereocenters. The molecule has 0 amide bonds. The fraction of sp³-hybridized carbons (Fsp3) is 1.00. The highest BCUT2D eigenvalue weighted by molar-refractivity contribution is 7.86. The van der Waals surface area contributed by atoms with Crippen LogP contribution in [0.25, 0.3) is 0 Å². The average molecular weight is 203 g/mol. The van der Waals surface area contributed by atoms with E-state index in [4.69, 9.17) is 10.3 Å². The summed E-state index contributed by atoms with van der Waals surface area (Å²) in [6, 6.07) is -1.85. The zero-order valence-electron chi connectivity index (χ0n) is 6.50. The molecule has 0 saturated carbocycles. The van der Waals surface area contributed by atoms with Gasteiger partial charge in [0.25, 0.3) is 0 Å². The second kappa shape index (κ2) is 3.63. The molecule has 74 valence electrons. The fourth-order valence-electron chi connectivity index (χ4n) is 0.670. The van der Waals surface area contributed by atoms with Gasteiger partial charge in [0.05, 0.1) is 6.04 Å². The van der Waals surface area contributed by atoms with Crippen LogP contribution in [-0.2, 0) is 10.1 Å². The molecule has 4 nitrogen and oxygen atoms in total. The van der Waals surface area contributed by atoms with Crippen LogP contribution in [0.5, 0.6) is 0 Å². The van der Waals surface area contributed by atoms with Gasteiger partial charge in [0.2, 0.25) is 0 Å². The molecule has 0 aliphatic rings. The lowest BCUT2D eigenvalue weighted by molar-refractivity contribution is 0.0492. The predicted octanol–water partition coefficient (Wildman–Crippen LogP) is 0.594. The van der Waals surface area contributed by atoms with Gasteiger partial charge in [-0.15, -0.1) is 0 Å². The van der Waals surface area contributed by atoms with Gasteiger partial charge in [0.15, 0.2) is 0 Å². The van der Waals surface area contributed by atoms with Gasteiger partial charge in [0.1, 0.15) is 0 Å². The van der Waals surface area contributed by atoms with Gasteiger partial charge >= 0.3 is 15.4 Å². The molecule has 0 aromatic rings. The summed E-state index contributed by atoms with van der Waals surface area (Å²) in [4.78, 5) is 0. The highest BCUT2D eigenvalue weighted by atomic mass is 32.2.